The van der Waals surface area contributed by atoms with E-state index in [1.165, 1.54) is 12.1 Å². The van der Waals surface area contributed by atoms with Crippen molar-refractivity contribution in [2.45, 2.75) is 25.9 Å². The zero-order valence-corrected chi connectivity index (χ0v) is 18.7. The molecule has 2 heterocycles. The Balaban J connectivity index is 1.19. The van der Waals surface area contributed by atoms with Gasteiger partial charge in [0, 0.05) is 31.3 Å². The summed E-state index contributed by atoms with van der Waals surface area (Å²) >= 11 is 0. The number of nitrogens with zero attached hydrogens (tertiary/aromatic N) is 1. The van der Waals surface area contributed by atoms with Crippen LogP contribution >= 0.6 is 0 Å². The molecule has 1 saturated heterocycles. The summed E-state index contributed by atoms with van der Waals surface area (Å²) in [7, 11) is 0. The molecular formula is C27H26F2N2O3. The zero-order chi connectivity index (χ0) is 23.5. The van der Waals surface area contributed by atoms with Crippen molar-refractivity contribution in [1.29, 1.82) is 0 Å². The van der Waals surface area contributed by atoms with E-state index >= 15 is 0 Å². The first-order valence-corrected chi connectivity index (χ1v) is 11.5. The molecule has 3 aromatic carbocycles. The summed E-state index contributed by atoms with van der Waals surface area (Å²) in [6, 6.07) is 16.9. The van der Waals surface area contributed by atoms with Crippen LogP contribution in [0.25, 0.3) is 11.1 Å². The summed E-state index contributed by atoms with van der Waals surface area (Å²) in [5, 5.41) is 3.05. The van der Waals surface area contributed by atoms with Gasteiger partial charge in [0.2, 0.25) is 12.7 Å². The molecule has 5 rings (SSSR count). The van der Waals surface area contributed by atoms with E-state index in [0.717, 1.165) is 42.3 Å². The number of nitrogens with one attached hydrogen (secondary N) is 1. The highest BCUT2D eigenvalue weighted by Gasteiger charge is 2.26. The molecule has 0 saturated carbocycles. The Hall–Kier alpha value is -3.45. The fraction of sp³-hybridized carbons (Fsp3) is 0.296. The maximum atomic E-state index is 14.2. The van der Waals surface area contributed by atoms with Gasteiger partial charge in [-0.25, -0.2) is 8.78 Å². The van der Waals surface area contributed by atoms with Crippen LogP contribution in [-0.2, 0) is 17.9 Å². The predicted molar refractivity (Wildman–Crippen MR) is 124 cm³/mol. The summed E-state index contributed by atoms with van der Waals surface area (Å²) in [5.74, 6) is 0.232. The topological polar surface area (TPSA) is 50.8 Å². The molecule has 1 unspecified atom stereocenters. The second-order valence-corrected chi connectivity index (χ2v) is 8.80. The van der Waals surface area contributed by atoms with Crippen LogP contribution in [0.3, 0.4) is 0 Å². The first-order valence-electron chi connectivity index (χ1n) is 11.5. The minimum absolute atomic E-state index is 0.0458. The van der Waals surface area contributed by atoms with Crippen molar-refractivity contribution in [1.82, 2.24) is 10.2 Å². The number of amides is 1. The number of hydrogen-bond donors (Lipinski definition) is 1. The number of carbonyl (C=O) groups excluding carboxylic acids is 1. The molecule has 2 aliphatic rings. The van der Waals surface area contributed by atoms with E-state index in [-0.39, 0.29) is 18.6 Å². The average Bonchev–Trinajstić information content (AvgIpc) is 3.31. The van der Waals surface area contributed by atoms with Gasteiger partial charge in [0.05, 0.1) is 5.92 Å². The first kappa shape index (κ1) is 22.3. The maximum absolute atomic E-state index is 14.2. The Kier molecular flexibility index (Phi) is 6.45. The largest absolute Gasteiger partial charge is 0.454 e. The second-order valence-electron chi connectivity index (χ2n) is 8.80. The molecule has 5 nitrogen and oxygen atoms in total. The van der Waals surface area contributed by atoms with Crippen molar-refractivity contribution in [3.63, 3.8) is 0 Å². The molecule has 1 N–H and O–H groups in total. The van der Waals surface area contributed by atoms with Crippen LogP contribution in [0, 0.1) is 17.6 Å². The first-order chi connectivity index (χ1) is 16.5. The van der Waals surface area contributed by atoms with E-state index in [0.29, 0.717) is 36.5 Å². The van der Waals surface area contributed by atoms with Crippen molar-refractivity contribution in [3.05, 3.63) is 83.4 Å². The van der Waals surface area contributed by atoms with Gasteiger partial charge < -0.3 is 14.8 Å². The lowest BCUT2D eigenvalue weighted by atomic mass is 9.96. The molecule has 1 amide bonds. The van der Waals surface area contributed by atoms with Crippen molar-refractivity contribution in [2.24, 2.45) is 5.92 Å². The molecule has 7 heteroatoms. The Morgan fingerprint density at radius 3 is 2.76 bits per heavy atom. The fourth-order valence-electron chi connectivity index (χ4n) is 4.62. The minimum Gasteiger partial charge on any atom is -0.454 e. The Bertz CT molecular complexity index is 1200. The van der Waals surface area contributed by atoms with E-state index in [1.54, 1.807) is 0 Å². The molecule has 176 valence electrons. The van der Waals surface area contributed by atoms with Gasteiger partial charge in [0.1, 0.15) is 11.6 Å². The van der Waals surface area contributed by atoms with E-state index in [9.17, 15) is 13.6 Å². The number of halogens is 2. The number of ether oxygens (including phenoxy) is 2. The summed E-state index contributed by atoms with van der Waals surface area (Å²) in [6.45, 7) is 2.91. The van der Waals surface area contributed by atoms with Crippen LogP contribution in [0.4, 0.5) is 8.78 Å². The smallest absolute Gasteiger partial charge is 0.231 e. The van der Waals surface area contributed by atoms with Crippen molar-refractivity contribution in [3.8, 4) is 22.6 Å². The standard InChI is InChI=1S/C27H26F2N2O3/c28-22-7-8-23(24(29)13-22)20-4-1-3-19(11-20)15-31-10-2-5-21(16-31)27(32)30-14-18-6-9-25-26(12-18)34-17-33-25/h1,3-4,6-9,11-13,21H,2,5,10,14-17H2,(H,30,32). The lowest BCUT2D eigenvalue weighted by molar-refractivity contribution is -0.126. The van der Waals surface area contributed by atoms with Gasteiger partial charge in [-0.15, -0.1) is 0 Å². The molecule has 34 heavy (non-hydrogen) atoms. The van der Waals surface area contributed by atoms with Crippen molar-refractivity contribution < 1.29 is 23.0 Å². The quantitative estimate of drug-likeness (QED) is 0.565. The molecule has 3 aromatic rings. The lowest BCUT2D eigenvalue weighted by Crippen LogP contribution is -2.42. The highest BCUT2D eigenvalue weighted by molar-refractivity contribution is 5.79. The number of benzene rings is 3. The van der Waals surface area contributed by atoms with E-state index in [4.69, 9.17) is 9.47 Å². The third-order valence-electron chi connectivity index (χ3n) is 6.36. The van der Waals surface area contributed by atoms with Crippen molar-refractivity contribution in [2.75, 3.05) is 19.9 Å². The zero-order valence-electron chi connectivity index (χ0n) is 18.7. The number of piperidine rings is 1. The Morgan fingerprint density at radius 2 is 1.88 bits per heavy atom. The predicted octanol–water partition coefficient (Wildman–Crippen LogP) is 4.89. The van der Waals surface area contributed by atoms with Crippen molar-refractivity contribution >= 4 is 5.91 Å². The number of rotatable bonds is 6. The van der Waals surface area contributed by atoms with Gasteiger partial charge in [-0.05, 0) is 66.4 Å². The molecule has 0 aromatic heterocycles. The number of carbonyl (C=O) groups is 1. The highest BCUT2D eigenvalue weighted by atomic mass is 19.1. The molecule has 0 spiro atoms. The van der Waals surface area contributed by atoms with E-state index in [1.807, 2.05) is 42.5 Å². The van der Waals surface area contributed by atoms with E-state index in [2.05, 4.69) is 10.2 Å². The van der Waals surface area contributed by atoms with Crippen LogP contribution in [0.1, 0.15) is 24.0 Å². The third-order valence-corrected chi connectivity index (χ3v) is 6.36. The Labute approximate surface area is 197 Å². The highest BCUT2D eigenvalue weighted by Crippen LogP contribution is 2.32. The molecule has 0 aliphatic carbocycles. The third kappa shape index (κ3) is 5.04. The summed E-state index contributed by atoms with van der Waals surface area (Å²) < 4.78 is 38.2. The van der Waals surface area contributed by atoms with Gasteiger partial charge in [-0.3, -0.25) is 9.69 Å². The van der Waals surface area contributed by atoms with E-state index < -0.39 is 11.6 Å². The van der Waals surface area contributed by atoms with Crippen LogP contribution < -0.4 is 14.8 Å². The maximum Gasteiger partial charge on any atom is 0.231 e. The molecule has 0 bridgehead atoms. The molecule has 1 fully saturated rings. The number of likely N-dealkylation sites (tertiary alicyclic amines) is 1. The van der Waals surface area contributed by atoms with Crippen LogP contribution in [0.5, 0.6) is 11.5 Å². The SMILES string of the molecule is O=C(NCc1ccc2c(c1)OCO2)C1CCCN(Cc2cccc(-c3ccc(F)cc3F)c2)C1. The number of hydrogen-bond acceptors (Lipinski definition) is 4. The second kappa shape index (κ2) is 9.81. The van der Waals surface area contributed by atoms with Crippen LogP contribution in [-0.4, -0.2) is 30.7 Å². The normalized spacial score (nSPS) is 17.5. The lowest BCUT2D eigenvalue weighted by Gasteiger charge is -2.32. The van der Waals surface area contributed by atoms with Gasteiger partial charge >= 0.3 is 0 Å². The van der Waals surface area contributed by atoms with Gasteiger partial charge in [0.15, 0.2) is 11.5 Å². The van der Waals surface area contributed by atoms with Gasteiger partial charge in [-0.1, -0.05) is 24.3 Å². The molecule has 2 aliphatic heterocycles. The fourth-order valence-corrected chi connectivity index (χ4v) is 4.62. The van der Waals surface area contributed by atoms with Gasteiger partial charge in [0.25, 0.3) is 0 Å². The molecule has 1 atom stereocenters. The minimum atomic E-state index is -0.589. The molecular weight excluding hydrogens is 438 g/mol. The molecule has 0 radical (unpaired) electrons. The number of fused-ring (bicyclic) bond motifs is 1. The monoisotopic (exact) mass is 464 g/mol. The summed E-state index contributed by atoms with van der Waals surface area (Å²) in [6.07, 6.45) is 1.79. The van der Waals surface area contributed by atoms with Gasteiger partial charge in [-0.2, -0.15) is 0 Å². The van der Waals surface area contributed by atoms with Crippen LogP contribution in [0.15, 0.2) is 60.7 Å². The Morgan fingerprint density at radius 1 is 1.00 bits per heavy atom. The summed E-state index contributed by atoms with van der Waals surface area (Å²) in [4.78, 5) is 15.1. The summed E-state index contributed by atoms with van der Waals surface area (Å²) in [5.41, 5.74) is 3.09. The average molecular weight is 465 g/mol. The van der Waals surface area contributed by atoms with Crippen LogP contribution in [0.2, 0.25) is 0 Å².